The Morgan fingerprint density at radius 3 is 2.68 bits per heavy atom. The zero-order chi connectivity index (χ0) is 13.6. The van der Waals surface area contributed by atoms with Gasteiger partial charge in [-0.3, -0.25) is 0 Å². The van der Waals surface area contributed by atoms with E-state index >= 15 is 0 Å². The number of benzene rings is 1. The van der Waals surface area contributed by atoms with Crippen LogP contribution in [-0.4, -0.2) is 9.97 Å². The Hall–Kier alpha value is -1.79. The maximum atomic E-state index is 13.8. The number of hydrogen-bond acceptors (Lipinski definition) is 4. The van der Waals surface area contributed by atoms with Gasteiger partial charge in [-0.2, -0.15) is 0 Å². The van der Waals surface area contributed by atoms with Gasteiger partial charge < -0.3 is 5.73 Å². The second kappa shape index (κ2) is 4.40. The van der Waals surface area contributed by atoms with E-state index in [9.17, 15) is 8.78 Å². The summed E-state index contributed by atoms with van der Waals surface area (Å²) in [4.78, 5) is 7.77. The van der Waals surface area contributed by atoms with Gasteiger partial charge in [0.25, 0.3) is 0 Å². The lowest BCUT2D eigenvalue weighted by molar-refractivity contribution is 0.629. The van der Waals surface area contributed by atoms with Crippen LogP contribution < -0.4 is 5.73 Å². The van der Waals surface area contributed by atoms with Crippen LogP contribution >= 0.6 is 22.9 Å². The monoisotopic (exact) mass is 297 g/mol. The van der Waals surface area contributed by atoms with Crippen molar-refractivity contribution in [2.24, 2.45) is 0 Å². The predicted octanol–water partition coefficient (Wildman–Crippen LogP) is 3.87. The van der Waals surface area contributed by atoms with Gasteiger partial charge in [-0.25, -0.2) is 18.7 Å². The molecule has 2 aromatic heterocycles. The highest BCUT2D eigenvalue weighted by atomic mass is 35.5. The summed E-state index contributed by atoms with van der Waals surface area (Å²) in [5.74, 6) is -0.953. The van der Waals surface area contributed by atoms with Crippen molar-refractivity contribution in [3.8, 4) is 10.6 Å². The summed E-state index contributed by atoms with van der Waals surface area (Å²) in [5.41, 5.74) is 5.88. The van der Waals surface area contributed by atoms with Crippen LogP contribution in [0.3, 0.4) is 0 Å². The van der Waals surface area contributed by atoms with Crippen molar-refractivity contribution < 1.29 is 8.78 Å². The number of rotatable bonds is 1. The van der Waals surface area contributed by atoms with Crippen LogP contribution in [0.4, 0.5) is 14.6 Å². The number of nitrogens with two attached hydrogens (primary N) is 1. The van der Waals surface area contributed by atoms with Gasteiger partial charge in [0.1, 0.15) is 26.9 Å². The summed E-state index contributed by atoms with van der Waals surface area (Å²) in [6.07, 6.45) is 0.990. The Balaban J connectivity index is 2.33. The zero-order valence-electron chi connectivity index (χ0n) is 9.32. The summed E-state index contributed by atoms with van der Waals surface area (Å²) >= 11 is 7.01. The number of nitrogens with zero attached hydrogens (tertiary/aromatic N) is 2. The molecule has 0 aliphatic rings. The molecule has 0 unspecified atom stereocenters. The molecule has 0 spiro atoms. The summed E-state index contributed by atoms with van der Waals surface area (Å²) in [5, 5.41) is 0.489. The minimum atomic E-state index is -0.598. The number of halogens is 3. The molecule has 0 radical (unpaired) electrons. The SMILES string of the molecule is Nc1ncc(F)c2nc(-c3c(F)cccc3Cl)sc12. The lowest BCUT2D eigenvalue weighted by Crippen LogP contribution is -1.91. The predicted molar refractivity (Wildman–Crippen MR) is 72.2 cm³/mol. The van der Waals surface area contributed by atoms with E-state index in [1.54, 1.807) is 6.07 Å². The van der Waals surface area contributed by atoms with E-state index in [1.165, 1.54) is 12.1 Å². The first kappa shape index (κ1) is 12.3. The van der Waals surface area contributed by atoms with Gasteiger partial charge in [0.2, 0.25) is 0 Å². The Morgan fingerprint density at radius 2 is 2.00 bits per heavy atom. The van der Waals surface area contributed by atoms with Gasteiger partial charge >= 0.3 is 0 Å². The fourth-order valence-corrected chi connectivity index (χ4v) is 3.06. The molecule has 7 heteroatoms. The third-order valence-electron chi connectivity index (χ3n) is 2.58. The van der Waals surface area contributed by atoms with Crippen molar-refractivity contribution in [2.75, 3.05) is 5.73 Å². The fourth-order valence-electron chi connectivity index (χ4n) is 1.71. The number of hydrogen-bond donors (Lipinski definition) is 1. The van der Waals surface area contributed by atoms with Crippen LogP contribution in [0.2, 0.25) is 5.02 Å². The van der Waals surface area contributed by atoms with E-state index in [0.29, 0.717) is 4.70 Å². The summed E-state index contributed by atoms with van der Waals surface area (Å²) in [6, 6.07) is 4.31. The Bertz CT molecular complexity index is 729. The third kappa shape index (κ3) is 1.93. The van der Waals surface area contributed by atoms with Crippen LogP contribution in [0.5, 0.6) is 0 Å². The van der Waals surface area contributed by atoms with E-state index in [2.05, 4.69) is 9.97 Å². The fraction of sp³-hybridized carbons (Fsp3) is 0. The van der Waals surface area contributed by atoms with Crippen molar-refractivity contribution in [2.45, 2.75) is 0 Å². The van der Waals surface area contributed by atoms with E-state index in [4.69, 9.17) is 17.3 Å². The molecule has 0 amide bonds. The highest BCUT2D eigenvalue weighted by Crippen LogP contribution is 2.38. The van der Waals surface area contributed by atoms with E-state index < -0.39 is 11.6 Å². The van der Waals surface area contributed by atoms with Gasteiger partial charge in [0, 0.05) is 0 Å². The van der Waals surface area contributed by atoms with Crippen LogP contribution in [0.25, 0.3) is 20.8 Å². The van der Waals surface area contributed by atoms with Gasteiger partial charge in [-0.05, 0) is 12.1 Å². The number of anilines is 1. The first-order valence-electron chi connectivity index (χ1n) is 5.23. The third-order valence-corrected chi connectivity index (χ3v) is 3.99. The quantitative estimate of drug-likeness (QED) is 0.742. The molecule has 3 rings (SSSR count). The minimum Gasteiger partial charge on any atom is -0.382 e. The molecule has 0 bridgehead atoms. The van der Waals surface area contributed by atoms with Crippen LogP contribution in [0.1, 0.15) is 0 Å². The maximum absolute atomic E-state index is 13.8. The van der Waals surface area contributed by atoms with Crippen molar-refractivity contribution in [3.63, 3.8) is 0 Å². The first-order valence-corrected chi connectivity index (χ1v) is 6.42. The number of pyridine rings is 1. The average molecular weight is 298 g/mol. The molecule has 0 aliphatic carbocycles. The lowest BCUT2D eigenvalue weighted by atomic mass is 10.2. The van der Waals surface area contributed by atoms with Crippen LogP contribution in [0.15, 0.2) is 24.4 Å². The number of aromatic nitrogens is 2. The second-order valence-electron chi connectivity index (χ2n) is 3.78. The largest absolute Gasteiger partial charge is 0.382 e. The van der Waals surface area contributed by atoms with Crippen LogP contribution in [0, 0.1) is 11.6 Å². The van der Waals surface area contributed by atoms with Crippen molar-refractivity contribution in [1.82, 2.24) is 9.97 Å². The molecule has 2 N–H and O–H groups in total. The molecular weight excluding hydrogens is 292 g/mol. The first-order chi connectivity index (χ1) is 9.08. The molecule has 0 aliphatic heterocycles. The van der Waals surface area contributed by atoms with E-state index in [0.717, 1.165) is 17.5 Å². The molecular formula is C12H6ClF2N3S. The smallest absolute Gasteiger partial charge is 0.168 e. The molecule has 3 nitrogen and oxygen atoms in total. The molecule has 0 saturated carbocycles. The van der Waals surface area contributed by atoms with Crippen molar-refractivity contribution in [1.29, 1.82) is 0 Å². The summed E-state index contributed by atoms with van der Waals surface area (Å²) in [6.45, 7) is 0. The summed E-state index contributed by atoms with van der Waals surface area (Å²) < 4.78 is 27.8. The molecule has 3 aromatic rings. The van der Waals surface area contributed by atoms with E-state index in [-0.39, 0.29) is 26.9 Å². The Kier molecular flexibility index (Phi) is 2.83. The molecule has 0 fully saturated rings. The Morgan fingerprint density at radius 1 is 1.21 bits per heavy atom. The maximum Gasteiger partial charge on any atom is 0.168 e. The summed E-state index contributed by atoms with van der Waals surface area (Å²) in [7, 11) is 0. The molecule has 96 valence electrons. The number of thiazole rings is 1. The normalized spacial score (nSPS) is 11.1. The zero-order valence-corrected chi connectivity index (χ0v) is 10.9. The van der Waals surface area contributed by atoms with Gasteiger partial charge in [0.05, 0.1) is 16.8 Å². The van der Waals surface area contributed by atoms with Gasteiger partial charge in [0.15, 0.2) is 5.82 Å². The molecule has 2 heterocycles. The topological polar surface area (TPSA) is 51.8 Å². The van der Waals surface area contributed by atoms with Gasteiger partial charge in [-0.15, -0.1) is 11.3 Å². The molecule has 1 aromatic carbocycles. The molecule has 0 atom stereocenters. The number of fused-ring (bicyclic) bond motifs is 1. The highest BCUT2D eigenvalue weighted by molar-refractivity contribution is 7.22. The van der Waals surface area contributed by atoms with Crippen molar-refractivity contribution in [3.05, 3.63) is 41.1 Å². The highest BCUT2D eigenvalue weighted by Gasteiger charge is 2.17. The Labute approximate surface area is 115 Å². The lowest BCUT2D eigenvalue weighted by Gasteiger charge is -2.00. The number of nitrogen functional groups attached to an aromatic ring is 1. The van der Waals surface area contributed by atoms with Crippen molar-refractivity contribution >= 4 is 39.0 Å². The average Bonchev–Trinajstić information content (AvgIpc) is 2.80. The minimum absolute atomic E-state index is 0.0758. The van der Waals surface area contributed by atoms with Crippen LogP contribution in [-0.2, 0) is 0 Å². The molecule has 0 saturated heterocycles. The standard InChI is InChI=1S/C12H6ClF2N3S/c13-5-2-1-3-6(14)8(5)12-18-9-7(15)4-17-11(16)10(9)19-12/h1-4H,(H2,16,17). The van der Waals surface area contributed by atoms with E-state index in [1.807, 2.05) is 0 Å². The molecule has 19 heavy (non-hydrogen) atoms. The van der Waals surface area contributed by atoms with Gasteiger partial charge in [-0.1, -0.05) is 17.7 Å². The second-order valence-corrected chi connectivity index (χ2v) is 5.19.